The second-order valence-corrected chi connectivity index (χ2v) is 5.03. The van der Waals surface area contributed by atoms with Crippen LogP contribution in [0.1, 0.15) is 18.4 Å². The van der Waals surface area contributed by atoms with Gasteiger partial charge in [-0.15, -0.1) is 0 Å². The lowest BCUT2D eigenvalue weighted by Gasteiger charge is -2.12. The summed E-state index contributed by atoms with van der Waals surface area (Å²) in [6.07, 6.45) is 0. The first-order chi connectivity index (χ1) is 8.70. The fraction of sp³-hybridized carbons (Fsp3) is 0.250. The third-order valence-corrected chi connectivity index (χ3v) is 3.38. The van der Waals surface area contributed by atoms with Crippen molar-refractivity contribution >= 4 is 11.6 Å². The van der Waals surface area contributed by atoms with Crippen LogP contribution < -0.4 is 5.32 Å². The first-order valence-electron chi connectivity index (χ1n) is 6.21. The zero-order valence-corrected chi connectivity index (χ0v) is 11.5. The van der Waals surface area contributed by atoms with Gasteiger partial charge in [0.2, 0.25) is 0 Å². The van der Waals surface area contributed by atoms with Crippen LogP contribution >= 0.6 is 11.6 Å². The van der Waals surface area contributed by atoms with Gasteiger partial charge in [0, 0.05) is 11.6 Å². The SMILES string of the molecule is CNCC(C)c1ccc(-c2cccc(Cl)c2)cc1. The van der Waals surface area contributed by atoms with Gasteiger partial charge in [-0.3, -0.25) is 0 Å². The van der Waals surface area contributed by atoms with Crippen LogP contribution in [0.2, 0.25) is 5.02 Å². The normalized spacial score (nSPS) is 12.4. The van der Waals surface area contributed by atoms with Crippen LogP contribution in [-0.4, -0.2) is 13.6 Å². The summed E-state index contributed by atoms with van der Waals surface area (Å²) < 4.78 is 0. The van der Waals surface area contributed by atoms with Crippen molar-refractivity contribution in [1.29, 1.82) is 0 Å². The number of halogens is 1. The van der Waals surface area contributed by atoms with Crippen molar-refractivity contribution in [1.82, 2.24) is 5.32 Å². The minimum absolute atomic E-state index is 0.531. The van der Waals surface area contributed by atoms with Gasteiger partial charge in [0.25, 0.3) is 0 Å². The molecule has 1 atom stereocenters. The fourth-order valence-corrected chi connectivity index (χ4v) is 2.29. The Labute approximate surface area is 114 Å². The van der Waals surface area contributed by atoms with Crippen LogP contribution in [0.25, 0.3) is 11.1 Å². The second-order valence-electron chi connectivity index (χ2n) is 4.59. The van der Waals surface area contributed by atoms with E-state index in [4.69, 9.17) is 11.6 Å². The van der Waals surface area contributed by atoms with Crippen molar-refractivity contribution in [3.63, 3.8) is 0 Å². The van der Waals surface area contributed by atoms with Gasteiger partial charge in [-0.05, 0) is 41.8 Å². The van der Waals surface area contributed by atoms with E-state index in [2.05, 4.69) is 42.6 Å². The van der Waals surface area contributed by atoms with Gasteiger partial charge in [0.1, 0.15) is 0 Å². The van der Waals surface area contributed by atoms with Gasteiger partial charge < -0.3 is 5.32 Å². The van der Waals surface area contributed by atoms with E-state index in [1.807, 2.05) is 25.2 Å². The molecule has 18 heavy (non-hydrogen) atoms. The van der Waals surface area contributed by atoms with Crippen LogP contribution in [-0.2, 0) is 0 Å². The quantitative estimate of drug-likeness (QED) is 0.862. The van der Waals surface area contributed by atoms with Crippen LogP contribution in [0.3, 0.4) is 0 Å². The third kappa shape index (κ3) is 3.12. The highest BCUT2D eigenvalue weighted by molar-refractivity contribution is 6.30. The third-order valence-electron chi connectivity index (χ3n) is 3.15. The van der Waals surface area contributed by atoms with Crippen molar-refractivity contribution in [2.24, 2.45) is 0 Å². The smallest absolute Gasteiger partial charge is 0.0412 e. The van der Waals surface area contributed by atoms with E-state index in [1.165, 1.54) is 11.1 Å². The highest BCUT2D eigenvalue weighted by Crippen LogP contribution is 2.24. The Morgan fingerprint density at radius 1 is 1.06 bits per heavy atom. The molecule has 0 heterocycles. The summed E-state index contributed by atoms with van der Waals surface area (Å²) in [7, 11) is 1.98. The number of hydrogen-bond donors (Lipinski definition) is 1. The molecule has 2 aromatic carbocycles. The summed E-state index contributed by atoms with van der Waals surface area (Å²) in [5.41, 5.74) is 3.73. The Morgan fingerprint density at radius 3 is 2.39 bits per heavy atom. The lowest BCUT2D eigenvalue weighted by atomic mass is 9.97. The maximum atomic E-state index is 6.01. The Hall–Kier alpha value is -1.31. The molecule has 2 rings (SSSR count). The topological polar surface area (TPSA) is 12.0 Å². The lowest BCUT2D eigenvalue weighted by molar-refractivity contribution is 0.678. The molecule has 1 unspecified atom stereocenters. The molecule has 94 valence electrons. The Balaban J connectivity index is 2.22. The zero-order chi connectivity index (χ0) is 13.0. The molecule has 0 saturated heterocycles. The minimum atomic E-state index is 0.531. The summed E-state index contributed by atoms with van der Waals surface area (Å²) >= 11 is 6.01. The predicted octanol–water partition coefficient (Wildman–Crippen LogP) is 4.33. The van der Waals surface area contributed by atoms with E-state index < -0.39 is 0 Å². The molecule has 0 aliphatic carbocycles. The van der Waals surface area contributed by atoms with Gasteiger partial charge in [0.15, 0.2) is 0 Å². The Bertz CT molecular complexity index is 505. The number of hydrogen-bond acceptors (Lipinski definition) is 1. The number of benzene rings is 2. The first-order valence-corrected chi connectivity index (χ1v) is 6.59. The molecule has 0 fully saturated rings. The lowest BCUT2D eigenvalue weighted by Crippen LogP contribution is -2.14. The molecule has 1 N–H and O–H groups in total. The maximum absolute atomic E-state index is 6.01. The van der Waals surface area contributed by atoms with Gasteiger partial charge in [0.05, 0.1) is 0 Å². The van der Waals surface area contributed by atoms with Crippen molar-refractivity contribution in [2.45, 2.75) is 12.8 Å². The van der Waals surface area contributed by atoms with E-state index in [-0.39, 0.29) is 0 Å². The summed E-state index contributed by atoms with van der Waals surface area (Å²) in [6.45, 7) is 3.22. The maximum Gasteiger partial charge on any atom is 0.0412 e. The molecule has 2 heteroatoms. The summed E-state index contributed by atoms with van der Waals surface area (Å²) in [4.78, 5) is 0. The number of nitrogens with one attached hydrogen (secondary N) is 1. The number of likely N-dealkylation sites (N-methyl/N-ethyl adjacent to an activating group) is 1. The Kier molecular flexibility index (Phi) is 4.40. The standard InChI is InChI=1S/C16H18ClN/c1-12(11-18-2)13-6-8-14(9-7-13)15-4-3-5-16(17)10-15/h3-10,12,18H,11H2,1-2H3. The molecule has 0 aromatic heterocycles. The van der Waals surface area contributed by atoms with E-state index in [1.54, 1.807) is 0 Å². The average molecular weight is 260 g/mol. The molecule has 0 amide bonds. The second kappa shape index (κ2) is 6.03. The van der Waals surface area contributed by atoms with Crippen LogP contribution in [0.5, 0.6) is 0 Å². The zero-order valence-electron chi connectivity index (χ0n) is 10.8. The highest BCUT2D eigenvalue weighted by Gasteiger charge is 2.04. The van der Waals surface area contributed by atoms with Crippen LogP contribution in [0.4, 0.5) is 0 Å². The minimum Gasteiger partial charge on any atom is -0.319 e. The molecule has 0 aliphatic heterocycles. The van der Waals surface area contributed by atoms with E-state index in [0.717, 1.165) is 17.1 Å². The van der Waals surface area contributed by atoms with Gasteiger partial charge in [-0.1, -0.05) is 54.9 Å². The molecule has 0 spiro atoms. The van der Waals surface area contributed by atoms with Crippen LogP contribution in [0.15, 0.2) is 48.5 Å². The number of rotatable bonds is 4. The van der Waals surface area contributed by atoms with Crippen LogP contribution in [0, 0.1) is 0 Å². The van der Waals surface area contributed by atoms with E-state index >= 15 is 0 Å². The average Bonchev–Trinajstić information content (AvgIpc) is 2.39. The van der Waals surface area contributed by atoms with Gasteiger partial charge in [-0.2, -0.15) is 0 Å². The fourth-order valence-electron chi connectivity index (χ4n) is 2.10. The summed E-state index contributed by atoms with van der Waals surface area (Å²) in [5.74, 6) is 0.531. The summed E-state index contributed by atoms with van der Waals surface area (Å²) in [6, 6.07) is 16.7. The molecule has 2 aromatic rings. The summed E-state index contributed by atoms with van der Waals surface area (Å²) in [5, 5.41) is 3.98. The van der Waals surface area contributed by atoms with Gasteiger partial charge in [-0.25, -0.2) is 0 Å². The molecule has 0 bridgehead atoms. The molecule has 0 saturated carbocycles. The highest BCUT2D eigenvalue weighted by atomic mass is 35.5. The van der Waals surface area contributed by atoms with Gasteiger partial charge >= 0.3 is 0 Å². The van der Waals surface area contributed by atoms with Crippen molar-refractivity contribution < 1.29 is 0 Å². The van der Waals surface area contributed by atoms with Crippen molar-refractivity contribution in [2.75, 3.05) is 13.6 Å². The van der Waals surface area contributed by atoms with E-state index in [9.17, 15) is 0 Å². The molecule has 1 nitrogen and oxygen atoms in total. The Morgan fingerprint density at radius 2 is 1.78 bits per heavy atom. The molecule has 0 aliphatic rings. The van der Waals surface area contributed by atoms with Crippen molar-refractivity contribution in [3.8, 4) is 11.1 Å². The first kappa shape index (κ1) is 13.1. The predicted molar refractivity (Wildman–Crippen MR) is 79.2 cm³/mol. The largest absolute Gasteiger partial charge is 0.319 e. The van der Waals surface area contributed by atoms with Crippen molar-refractivity contribution in [3.05, 3.63) is 59.1 Å². The molecular formula is C16H18ClN. The van der Waals surface area contributed by atoms with E-state index in [0.29, 0.717) is 5.92 Å². The monoisotopic (exact) mass is 259 g/mol. The molecule has 0 radical (unpaired) electrons. The molecular weight excluding hydrogens is 242 g/mol.